The van der Waals surface area contributed by atoms with Gasteiger partial charge in [0, 0.05) is 23.7 Å². The molecule has 0 radical (unpaired) electrons. The zero-order valence-corrected chi connectivity index (χ0v) is 11.7. The van der Waals surface area contributed by atoms with Gasteiger partial charge in [0.1, 0.15) is 11.6 Å². The number of hydrogen-bond donors (Lipinski definition) is 1. The lowest BCUT2D eigenvalue weighted by atomic mass is 9.68. The molecule has 1 aliphatic carbocycles. The number of hydrogen-bond acceptors (Lipinski definition) is 4. The van der Waals surface area contributed by atoms with Crippen molar-refractivity contribution in [3.8, 4) is 17.0 Å². The van der Waals surface area contributed by atoms with E-state index >= 15 is 0 Å². The molecule has 2 N–H and O–H groups in total. The van der Waals surface area contributed by atoms with Crippen molar-refractivity contribution in [2.24, 2.45) is 5.73 Å². The van der Waals surface area contributed by atoms with Crippen LogP contribution in [0.15, 0.2) is 36.5 Å². The second kappa shape index (κ2) is 5.21. The molecule has 0 saturated heterocycles. The van der Waals surface area contributed by atoms with Crippen LogP contribution in [0.4, 0.5) is 0 Å². The second-order valence-corrected chi connectivity index (χ2v) is 5.33. The molecule has 0 spiro atoms. The fraction of sp³-hybridized carbons (Fsp3) is 0.375. The molecular weight excluding hydrogens is 250 g/mol. The van der Waals surface area contributed by atoms with Crippen molar-refractivity contribution in [1.82, 2.24) is 9.97 Å². The van der Waals surface area contributed by atoms with E-state index in [9.17, 15) is 0 Å². The maximum atomic E-state index is 5.93. The van der Waals surface area contributed by atoms with Crippen molar-refractivity contribution in [2.45, 2.75) is 24.7 Å². The summed E-state index contributed by atoms with van der Waals surface area (Å²) in [4.78, 5) is 9.18. The number of aromatic nitrogens is 2. The molecule has 3 rings (SSSR count). The van der Waals surface area contributed by atoms with E-state index in [2.05, 4.69) is 4.98 Å². The third-order valence-corrected chi connectivity index (χ3v) is 4.22. The van der Waals surface area contributed by atoms with E-state index in [-0.39, 0.29) is 5.41 Å². The first-order valence-corrected chi connectivity index (χ1v) is 6.95. The quantitative estimate of drug-likeness (QED) is 0.926. The van der Waals surface area contributed by atoms with E-state index in [4.69, 9.17) is 15.5 Å². The van der Waals surface area contributed by atoms with Gasteiger partial charge in [-0.25, -0.2) is 9.97 Å². The van der Waals surface area contributed by atoms with Gasteiger partial charge in [-0.05, 0) is 43.2 Å². The summed E-state index contributed by atoms with van der Waals surface area (Å²) in [5, 5.41) is 0. The van der Waals surface area contributed by atoms with Crippen molar-refractivity contribution < 1.29 is 4.74 Å². The van der Waals surface area contributed by atoms with Gasteiger partial charge >= 0.3 is 0 Å². The van der Waals surface area contributed by atoms with Gasteiger partial charge < -0.3 is 10.5 Å². The van der Waals surface area contributed by atoms with Crippen LogP contribution in [0.2, 0.25) is 0 Å². The average molecular weight is 269 g/mol. The van der Waals surface area contributed by atoms with Crippen LogP contribution in [0.25, 0.3) is 11.3 Å². The summed E-state index contributed by atoms with van der Waals surface area (Å²) >= 11 is 0. The largest absolute Gasteiger partial charge is 0.497 e. The van der Waals surface area contributed by atoms with Crippen LogP contribution in [0.5, 0.6) is 5.75 Å². The van der Waals surface area contributed by atoms with E-state index in [1.54, 1.807) is 7.11 Å². The standard InChI is InChI=1S/C16H19N3O/c1-20-13-5-3-12(4-6-13)14-7-10-18-15(19-14)16(11-17)8-2-9-16/h3-7,10H,2,8-9,11,17H2,1H3. The molecule has 1 aromatic carbocycles. The molecule has 1 fully saturated rings. The summed E-state index contributed by atoms with van der Waals surface area (Å²) in [5.41, 5.74) is 7.95. The molecule has 0 aliphatic heterocycles. The highest BCUT2D eigenvalue weighted by molar-refractivity contribution is 5.59. The van der Waals surface area contributed by atoms with Crippen molar-refractivity contribution >= 4 is 0 Å². The number of ether oxygens (including phenoxy) is 1. The van der Waals surface area contributed by atoms with E-state index in [1.807, 2.05) is 36.5 Å². The van der Waals surface area contributed by atoms with E-state index in [0.717, 1.165) is 35.7 Å². The minimum atomic E-state index is 0.00246. The number of methoxy groups -OCH3 is 1. The molecule has 4 nitrogen and oxygen atoms in total. The SMILES string of the molecule is COc1ccc(-c2ccnc(C3(CN)CCC3)n2)cc1. The molecule has 1 saturated carbocycles. The van der Waals surface area contributed by atoms with Gasteiger partial charge in [-0.2, -0.15) is 0 Å². The molecule has 1 aliphatic rings. The molecular formula is C16H19N3O. The van der Waals surface area contributed by atoms with Crippen LogP contribution in [0.3, 0.4) is 0 Å². The van der Waals surface area contributed by atoms with Gasteiger partial charge in [-0.15, -0.1) is 0 Å². The minimum absolute atomic E-state index is 0.00246. The third-order valence-electron chi connectivity index (χ3n) is 4.22. The van der Waals surface area contributed by atoms with Crippen molar-refractivity contribution in [3.05, 3.63) is 42.4 Å². The maximum absolute atomic E-state index is 5.93. The monoisotopic (exact) mass is 269 g/mol. The van der Waals surface area contributed by atoms with Crippen LogP contribution >= 0.6 is 0 Å². The van der Waals surface area contributed by atoms with Gasteiger partial charge in [0.2, 0.25) is 0 Å². The summed E-state index contributed by atoms with van der Waals surface area (Å²) < 4.78 is 5.18. The van der Waals surface area contributed by atoms with Crippen molar-refractivity contribution in [3.63, 3.8) is 0 Å². The number of nitrogens with two attached hydrogens (primary N) is 1. The molecule has 104 valence electrons. The first-order valence-electron chi connectivity index (χ1n) is 6.95. The number of benzene rings is 1. The van der Waals surface area contributed by atoms with Gasteiger partial charge in [-0.3, -0.25) is 0 Å². The Balaban J connectivity index is 1.94. The molecule has 20 heavy (non-hydrogen) atoms. The predicted octanol–water partition coefficient (Wildman–Crippen LogP) is 2.53. The average Bonchev–Trinajstić information content (AvgIpc) is 2.47. The predicted molar refractivity (Wildman–Crippen MR) is 78.6 cm³/mol. The van der Waals surface area contributed by atoms with E-state index in [0.29, 0.717) is 6.54 Å². The van der Waals surface area contributed by atoms with Gasteiger partial charge in [0.05, 0.1) is 12.8 Å². The van der Waals surface area contributed by atoms with Gasteiger partial charge in [0.15, 0.2) is 0 Å². The summed E-state index contributed by atoms with van der Waals surface area (Å²) in [6.45, 7) is 0.624. The van der Waals surface area contributed by atoms with Crippen LogP contribution in [0.1, 0.15) is 25.1 Å². The Bertz CT molecular complexity index is 585. The number of rotatable bonds is 4. The summed E-state index contributed by atoms with van der Waals surface area (Å²) in [7, 11) is 1.67. The van der Waals surface area contributed by atoms with E-state index < -0.39 is 0 Å². The lowest BCUT2D eigenvalue weighted by Gasteiger charge is -2.39. The highest BCUT2D eigenvalue weighted by Gasteiger charge is 2.40. The molecule has 1 aromatic heterocycles. The Hall–Kier alpha value is -1.94. The highest BCUT2D eigenvalue weighted by Crippen LogP contribution is 2.41. The minimum Gasteiger partial charge on any atom is -0.497 e. The fourth-order valence-electron chi connectivity index (χ4n) is 2.66. The zero-order valence-electron chi connectivity index (χ0n) is 11.7. The van der Waals surface area contributed by atoms with Gasteiger partial charge in [-0.1, -0.05) is 6.42 Å². The van der Waals surface area contributed by atoms with Crippen LogP contribution in [-0.2, 0) is 5.41 Å². The lowest BCUT2D eigenvalue weighted by molar-refractivity contribution is 0.238. The lowest BCUT2D eigenvalue weighted by Crippen LogP contribution is -2.43. The Morgan fingerprint density at radius 3 is 2.50 bits per heavy atom. The van der Waals surface area contributed by atoms with E-state index in [1.165, 1.54) is 6.42 Å². The summed E-state index contributed by atoms with van der Waals surface area (Å²) in [6.07, 6.45) is 5.23. The Labute approximate surface area is 119 Å². The molecule has 0 atom stereocenters. The second-order valence-electron chi connectivity index (χ2n) is 5.33. The molecule has 0 bridgehead atoms. The Morgan fingerprint density at radius 2 is 1.95 bits per heavy atom. The van der Waals surface area contributed by atoms with Crippen LogP contribution in [0, 0.1) is 0 Å². The summed E-state index contributed by atoms with van der Waals surface area (Å²) in [5.74, 6) is 1.74. The molecule has 0 unspecified atom stereocenters. The first-order chi connectivity index (χ1) is 9.77. The maximum Gasteiger partial charge on any atom is 0.136 e. The molecule has 1 heterocycles. The normalized spacial score (nSPS) is 16.5. The third kappa shape index (κ3) is 2.16. The fourth-order valence-corrected chi connectivity index (χ4v) is 2.66. The Morgan fingerprint density at radius 1 is 1.20 bits per heavy atom. The molecule has 4 heteroatoms. The molecule has 2 aromatic rings. The smallest absolute Gasteiger partial charge is 0.136 e. The first kappa shape index (κ1) is 13.1. The van der Waals surface area contributed by atoms with Crippen molar-refractivity contribution in [2.75, 3.05) is 13.7 Å². The van der Waals surface area contributed by atoms with Crippen molar-refractivity contribution in [1.29, 1.82) is 0 Å². The van der Waals surface area contributed by atoms with Crippen LogP contribution < -0.4 is 10.5 Å². The van der Waals surface area contributed by atoms with Crippen LogP contribution in [-0.4, -0.2) is 23.6 Å². The van der Waals surface area contributed by atoms with Gasteiger partial charge in [0.25, 0.3) is 0 Å². The Kier molecular flexibility index (Phi) is 3.40. The topological polar surface area (TPSA) is 61.0 Å². The number of nitrogens with zero attached hydrogens (tertiary/aromatic N) is 2. The molecule has 0 amide bonds. The summed E-state index contributed by atoms with van der Waals surface area (Å²) in [6, 6.07) is 9.86. The zero-order chi connectivity index (χ0) is 14.0. The highest BCUT2D eigenvalue weighted by atomic mass is 16.5.